The molecular weight excluding hydrogens is 354 g/mol. The number of carbonyl (C=O) groups is 3. The van der Waals surface area contributed by atoms with Crippen molar-refractivity contribution < 1.29 is 19.5 Å². The summed E-state index contributed by atoms with van der Waals surface area (Å²) in [4.78, 5) is 39.4. The fraction of sp³-hybridized carbons (Fsp3) is 0.333. The number of hydrogen-bond donors (Lipinski definition) is 3. The van der Waals surface area contributed by atoms with Gasteiger partial charge in [0.1, 0.15) is 0 Å². The molecule has 0 aliphatic rings. The fourth-order valence-electron chi connectivity index (χ4n) is 2.17. The molecule has 0 saturated carbocycles. The second-order valence-corrected chi connectivity index (χ2v) is 6.93. The van der Waals surface area contributed by atoms with E-state index in [1.807, 2.05) is 0 Å². The fourth-order valence-corrected chi connectivity index (χ4v) is 2.88. The van der Waals surface area contributed by atoms with Crippen LogP contribution >= 0.6 is 11.3 Å². The Morgan fingerprint density at radius 3 is 2.50 bits per heavy atom. The molecule has 0 radical (unpaired) electrons. The third-order valence-corrected chi connectivity index (χ3v) is 4.46. The Balaban J connectivity index is 1.89. The normalized spacial score (nSPS) is 11.8. The molecule has 138 valence electrons. The predicted molar refractivity (Wildman–Crippen MR) is 99.1 cm³/mol. The maximum atomic E-state index is 12.1. The minimum atomic E-state index is -0.996. The summed E-state index contributed by atoms with van der Waals surface area (Å²) in [6.07, 6.45) is 0.0230. The standard InChI is InChI=1S/C18H21N3O4S/c1-11(2)16(23)21-18-20-13(10-26-18)8-15(22)19-9-14(17(24)25)12-6-4-3-5-7-12/h3-7,10-11,14H,8-9H2,1-2H3,(H,19,22)(H,24,25)(H,20,21,23). The highest BCUT2D eigenvalue weighted by Gasteiger charge is 2.20. The molecule has 0 aliphatic carbocycles. The van der Waals surface area contributed by atoms with E-state index in [1.165, 1.54) is 11.3 Å². The van der Waals surface area contributed by atoms with Crippen molar-refractivity contribution in [1.82, 2.24) is 10.3 Å². The summed E-state index contributed by atoms with van der Waals surface area (Å²) < 4.78 is 0. The molecule has 8 heteroatoms. The van der Waals surface area contributed by atoms with Gasteiger partial charge in [-0.05, 0) is 5.56 Å². The van der Waals surface area contributed by atoms with Gasteiger partial charge in [-0.2, -0.15) is 0 Å². The second kappa shape index (κ2) is 9.10. The number of amides is 2. The number of aromatic nitrogens is 1. The minimum absolute atomic E-state index is 0.000734. The molecule has 0 aliphatic heterocycles. The van der Waals surface area contributed by atoms with E-state index in [2.05, 4.69) is 15.6 Å². The Morgan fingerprint density at radius 1 is 1.19 bits per heavy atom. The van der Waals surface area contributed by atoms with Crippen molar-refractivity contribution >= 4 is 34.3 Å². The SMILES string of the molecule is CC(C)C(=O)Nc1nc(CC(=O)NCC(C(=O)O)c2ccccc2)cs1. The molecular formula is C18H21N3O4S. The quantitative estimate of drug-likeness (QED) is 0.656. The van der Waals surface area contributed by atoms with Gasteiger partial charge < -0.3 is 15.7 Å². The first-order valence-corrected chi connectivity index (χ1v) is 9.04. The number of carboxylic acids is 1. The van der Waals surface area contributed by atoms with Gasteiger partial charge in [0.25, 0.3) is 0 Å². The molecule has 7 nitrogen and oxygen atoms in total. The lowest BCUT2D eigenvalue weighted by Gasteiger charge is -2.13. The number of rotatable bonds is 8. The highest BCUT2D eigenvalue weighted by atomic mass is 32.1. The Morgan fingerprint density at radius 2 is 1.88 bits per heavy atom. The van der Waals surface area contributed by atoms with Gasteiger partial charge in [0.05, 0.1) is 18.0 Å². The first-order chi connectivity index (χ1) is 12.4. The summed E-state index contributed by atoms with van der Waals surface area (Å²) in [6, 6.07) is 8.76. The zero-order valence-corrected chi connectivity index (χ0v) is 15.4. The number of hydrogen-bond acceptors (Lipinski definition) is 5. The number of benzene rings is 1. The van der Waals surface area contributed by atoms with Crippen LogP contribution in [0.25, 0.3) is 0 Å². The monoisotopic (exact) mass is 375 g/mol. The number of nitrogens with one attached hydrogen (secondary N) is 2. The van der Waals surface area contributed by atoms with Crippen molar-refractivity contribution in [2.45, 2.75) is 26.2 Å². The number of carbonyl (C=O) groups excluding carboxylic acids is 2. The summed E-state index contributed by atoms with van der Waals surface area (Å²) >= 11 is 1.25. The molecule has 0 bridgehead atoms. The number of aliphatic carboxylic acids is 1. The number of carboxylic acid groups (broad SMARTS) is 1. The van der Waals surface area contributed by atoms with E-state index in [4.69, 9.17) is 0 Å². The molecule has 26 heavy (non-hydrogen) atoms. The summed E-state index contributed by atoms with van der Waals surface area (Å²) in [7, 11) is 0. The molecule has 1 atom stereocenters. The number of nitrogens with zero attached hydrogens (tertiary/aromatic N) is 1. The summed E-state index contributed by atoms with van der Waals surface area (Å²) in [5.74, 6) is -2.42. The summed E-state index contributed by atoms with van der Waals surface area (Å²) in [5, 5.41) is 16.8. The largest absolute Gasteiger partial charge is 0.481 e. The van der Waals surface area contributed by atoms with Crippen molar-refractivity contribution in [3.05, 3.63) is 47.0 Å². The molecule has 0 fully saturated rings. The van der Waals surface area contributed by atoms with Crippen LogP contribution < -0.4 is 10.6 Å². The molecule has 1 unspecified atom stereocenters. The summed E-state index contributed by atoms with van der Waals surface area (Å²) in [6.45, 7) is 3.56. The average molecular weight is 375 g/mol. The molecule has 1 aromatic carbocycles. The maximum Gasteiger partial charge on any atom is 0.312 e. The Labute approximate surface area is 155 Å². The Hall–Kier alpha value is -2.74. The topological polar surface area (TPSA) is 108 Å². The lowest BCUT2D eigenvalue weighted by atomic mass is 9.99. The minimum Gasteiger partial charge on any atom is -0.481 e. The van der Waals surface area contributed by atoms with Crippen LogP contribution in [0.4, 0.5) is 5.13 Å². The van der Waals surface area contributed by atoms with Crippen molar-refractivity contribution in [3.8, 4) is 0 Å². The van der Waals surface area contributed by atoms with Gasteiger partial charge in [-0.1, -0.05) is 44.2 Å². The molecule has 2 aromatic rings. The van der Waals surface area contributed by atoms with Gasteiger partial charge in [0.15, 0.2) is 5.13 Å². The molecule has 0 saturated heterocycles. The Bertz CT molecular complexity index is 774. The predicted octanol–water partition coefficient (Wildman–Crippen LogP) is 2.26. The smallest absolute Gasteiger partial charge is 0.312 e. The van der Waals surface area contributed by atoms with Crippen LogP contribution in [0.15, 0.2) is 35.7 Å². The zero-order chi connectivity index (χ0) is 19.1. The Kier molecular flexibility index (Phi) is 6.85. The van der Waals surface area contributed by atoms with Crippen LogP contribution in [-0.2, 0) is 20.8 Å². The van der Waals surface area contributed by atoms with Crippen LogP contribution in [0.3, 0.4) is 0 Å². The van der Waals surface area contributed by atoms with Crippen LogP contribution in [0, 0.1) is 5.92 Å². The van der Waals surface area contributed by atoms with Crippen molar-refractivity contribution in [3.63, 3.8) is 0 Å². The zero-order valence-electron chi connectivity index (χ0n) is 14.6. The maximum absolute atomic E-state index is 12.1. The lowest BCUT2D eigenvalue weighted by Crippen LogP contribution is -2.32. The lowest BCUT2D eigenvalue weighted by molar-refractivity contribution is -0.138. The van der Waals surface area contributed by atoms with Crippen molar-refractivity contribution in [2.24, 2.45) is 5.92 Å². The highest BCUT2D eigenvalue weighted by molar-refractivity contribution is 7.13. The highest BCUT2D eigenvalue weighted by Crippen LogP contribution is 2.17. The van der Waals surface area contributed by atoms with E-state index >= 15 is 0 Å². The van der Waals surface area contributed by atoms with E-state index in [0.29, 0.717) is 16.4 Å². The van der Waals surface area contributed by atoms with Crippen LogP contribution in [0.1, 0.15) is 31.0 Å². The molecule has 0 spiro atoms. The van der Waals surface area contributed by atoms with Gasteiger partial charge in [-0.3, -0.25) is 14.4 Å². The van der Waals surface area contributed by atoms with Gasteiger partial charge in [0, 0.05) is 17.8 Å². The van der Waals surface area contributed by atoms with Gasteiger partial charge in [-0.15, -0.1) is 11.3 Å². The van der Waals surface area contributed by atoms with Crippen molar-refractivity contribution in [2.75, 3.05) is 11.9 Å². The molecule has 1 aromatic heterocycles. The molecule has 2 rings (SSSR count). The van der Waals surface area contributed by atoms with E-state index in [0.717, 1.165) is 0 Å². The molecule has 1 heterocycles. The van der Waals surface area contributed by atoms with Crippen LogP contribution in [-0.4, -0.2) is 34.4 Å². The molecule has 3 N–H and O–H groups in total. The molecule has 2 amide bonds. The first-order valence-electron chi connectivity index (χ1n) is 8.16. The number of anilines is 1. The van der Waals surface area contributed by atoms with Gasteiger partial charge in [-0.25, -0.2) is 4.98 Å². The number of thiazole rings is 1. The average Bonchev–Trinajstić information content (AvgIpc) is 3.02. The first kappa shape index (κ1) is 19.6. The van der Waals surface area contributed by atoms with E-state index in [1.54, 1.807) is 49.6 Å². The van der Waals surface area contributed by atoms with E-state index in [9.17, 15) is 19.5 Å². The van der Waals surface area contributed by atoms with Crippen molar-refractivity contribution in [1.29, 1.82) is 0 Å². The third-order valence-electron chi connectivity index (χ3n) is 3.65. The van der Waals surface area contributed by atoms with E-state index < -0.39 is 11.9 Å². The second-order valence-electron chi connectivity index (χ2n) is 6.07. The third kappa shape index (κ3) is 5.66. The van der Waals surface area contributed by atoms with Gasteiger partial charge >= 0.3 is 5.97 Å². The van der Waals surface area contributed by atoms with Gasteiger partial charge in [0.2, 0.25) is 11.8 Å². The summed E-state index contributed by atoms with van der Waals surface area (Å²) in [5.41, 5.74) is 1.16. The van der Waals surface area contributed by atoms with Crippen LogP contribution in [0.5, 0.6) is 0 Å². The van der Waals surface area contributed by atoms with Crippen LogP contribution in [0.2, 0.25) is 0 Å². The van der Waals surface area contributed by atoms with E-state index in [-0.39, 0.29) is 30.7 Å².